The summed E-state index contributed by atoms with van der Waals surface area (Å²) >= 11 is 7.10. The second-order valence-electron chi connectivity index (χ2n) is 6.48. The number of hydrogen-bond donors (Lipinski definition) is 2. The zero-order chi connectivity index (χ0) is 20.8. The summed E-state index contributed by atoms with van der Waals surface area (Å²) in [7, 11) is 0. The van der Waals surface area contributed by atoms with Crippen molar-refractivity contribution in [2.24, 2.45) is 0 Å². The summed E-state index contributed by atoms with van der Waals surface area (Å²) in [4.78, 5) is 24.7. The van der Waals surface area contributed by atoms with Crippen molar-refractivity contribution in [3.05, 3.63) is 68.6 Å². The average Bonchev–Trinajstić information content (AvgIpc) is 3.17. The summed E-state index contributed by atoms with van der Waals surface area (Å²) in [6.45, 7) is 4.03. The second kappa shape index (κ2) is 9.62. The predicted molar refractivity (Wildman–Crippen MR) is 117 cm³/mol. The monoisotopic (exact) mass is 428 g/mol. The molecule has 2 aromatic carbocycles. The molecule has 0 aliphatic rings. The van der Waals surface area contributed by atoms with Gasteiger partial charge in [-0.1, -0.05) is 54.1 Å². The van der Waals surface area contributed by atoms with Crippen LogP contribution in [0, 0.1) is 6.92 Å². The summed E-state index contributed by atoms with van der Waals surface area (Å²) < 4.78 is 0. The highest BCUT2D eigenvalue weighted by Gasteiger charge is 2.15. The van der Waals surface area contributed by atoms with E-state index in [4.69, 9.17) is 11.6 Å². The van der Waals surface area contributed by atoms with Crippen molar-refractivity contribution < 1.29 is 9.59 Å². The number of rotatable bonds is 7. The molecule has 29 heavy (non-hydrogen) atoms. The lowest BCUT2D eigenvalue weighted by atomic mass is 10.1. The van der Waals surface area contributed by atoms with Crippen molar-refractivity contribution in [3.8, 4) is 0 Å². The van der Waals surface area contributed by atoms with Crippen molar-refractivity contribution in [1.29, 1.82) is 0 Å². The van der Waals surface area contributed by atoms with E-state index in [0.717, 1.165) is 23.2 Å². The molecule has 0 unspecified atom stereocenters. The number of benzene rings is 2. The van der Waals surface area contributed by atoms with Crippen LogP contribution in [0.25, 0.3) is 0 Å². The van der Waals surface area contributed by atoms with Gasteiger partial charge in [0.2, 0.25) is 10.9 Å². The number of aromatic nitrogens is 2. The number of amides is 2. The number of nitrogens with zero attached hydrogens (tertiary/aromatic N) is 2. The molecule has 0 bridgehead atoms. The fourth-order valence-electron chi connectivity index (χ4n) is 2.82. The number of anilines is 2. The first-order chi connectivity index (χ1) is 14.0. The molecule has 150 valence electrons. The minimum absolute atomic E-state index is 0.0888. The van der Waals surface area contributed by atoms with E-state index in [2.05, 4.69) is 27.8 Å². The fourth-order valence-corrected chi connectivity index (χ4v) is 3.75. The summed E-state index contributed by atoms with van der Waals surface area (Å²) in [5, 5.41) is 15.1. The minimum atomic E-state index is -0.354. The normalized spacial score (nSPS) is 10.6. The maximum absolute atomic E-state index is 12.4. The van der Waals surface area contributed by atoms with Crippen LogP contribution >= 0.6 is 22.9 Å². The summed E-state index contributed by atoms with van der Waals surface area (Å²) in [5.74, 6) is -0.443. The topological polar surface area (TPSA) is 84.0 Å². The van der Waals surface area contributed by atoms with Gasteiger partial charge >= 0.3 is 0 Å². The van der Waals surface area contributed by atoms with Crippen molar-refractivity contribution in [2.75, 3.05) is 10.6 Å². The third-order valence-electron chi connectivity index (χ3n) is 4.31. The Morgan fingerprint density at radius 3 is 2.66 bits per heavy atom. The highest BCUT2D eigenvalue weighted by atomic mass is 35.5. The summed E-state index contributed by atoms with van der Waals surface area (Å²) in [6.07, 6.45) is 1.53. The quantitative estimate of drug-likeness (QED) is 0.561. The molecule has 0 aliphatic carbocycles. The largest absolute Gasteiger partial charge is 0.326 e. The van der Waals surface area contributed by atoms with Gasteiger partial charge in [-0.05, 0) is 42.7 Å². The number of aryl methyl sites for hydroxylation is 3. The Kier molecular flexibility index (Phi) is 6.95. The summed E-state index contributed by atoms with van der Waals surface area (Å²) in [6, 6.07) is 12.9. The van der Waals surface area contributed by atoms with Gasteiger partial charge in [0.15, 0.2) is 0 Å². The molecule has 8 heteroatoms. The Bertz CT molecular complexity index is 1040. The molecule has 0 saturated carbocycles. The van der Waals surface area contributed by atoms with Gasteiger partial charge < -0.3 is 10.6 Å². The number of carbonyl (C=O) groups is 2. The van der Waals surface area contributed by atoms with E-state index in [9.17, 15) is 9.59 Å². The molecule has 0 atom stereocenters. The SMILES string of the molecule is CCc1cccc(C)c1NC(=O)CCc1nnc(C(=O)Nc2cccc(Cl)c2)s1. The van der Waals surface area contributed by atoms with Crippen LogP contribution < -0.4 is 10.6 Å². The molecule has 0 radical (unpaired) electrons. The molecule has 0 aliphatic heterocycles. The van der Waals surface area contributed by atoms with E-state index < -0.39 is 0 Å². The third kappa shape index (κ3) is 5.62. The maximum atomic E-state index is 12.4. The van der Waals surface area contributed by atoms with Crippen molar-refractivity contribution in [1.82, 2.24) is 10.2 Å². The number of nitrogens with one attached hydrogen (secondary N) is 2. The van der Waals surface area contributed by atoms with Crippen LogP contribution in [0.4, 0.5) is 11.4 Å². The van der Waals surface area contributed by atoms with Gasteiger partial charge in [-0.2, -0.15) is 0 Å². The van der Waals surface area contributed by atoms with E-state index in [1.54, 1.807) is 24.3 Å². The maximum Gasteiger partial charge on any atom is 0.286 e. The zero-order valence-electron chi connectivity index (χ0n) is 16.2. The number of carbonyl (C=O) groups excluding carboxylic acids is 2. The Hall–Kier alpha value is -2.77. The highest BCUT2D eigenvalue weighted by Crippen LogP contribution is 2.22. The molecule has 1 aromatic heterocycles. The molecular formula is C21H21ClN4O2S. The van der Waals surface area contributed by atoms with Gasteiger partial charge in [0.05, 0.1) is 0 Å². The Labute approximate surface area is 178 Å². The lowest BCUT2D eigenvalue weighted by Crippen LogP contribution is -2.14. The molecule has 0 spiro atoms. The lowest BCUT2D eigenvalue weighted by Gasteiger charge is -2.12. The van der Waals surface area contributed by atoms with Crippen LogP contribution in [0.15, 0.2) is 42.5 Å². The molecule has 2 amide bonds. The van der Waals surface area contributed by atoms with E-state index in [0.29, 0.717) is 22.1 Å². The summed E-state index contributed by atoms with van der Waals surface area (Å²) in [5.41, 5.74) is 3.60. The molecule has 6 nitrogen and oxygen atoms in total. The molecule has 1 heterocycles. The van der Waals surface area contributed by atoms with E-state index in [-0.39, 0.29) is 23.2 Å². The molecule has 3 aromatic rings. The lowest BCUT2D eigenvalue weighted by molar-refractivity contribution is -0.116. The predicted octanol–water partition coefficient (Wildman–Crippen LogP) is 4.89. The van der Waals surface area contributed by atoms with Gasteiger partial charge in [0, 0.05) is 29.2 Å². The standard InChI is InChI=1S/C21H21ClN4O2S/c1-3-14-7-4-6-13(2)19(14)24-17(27)10-11-18-25-26-21(29-18)20(28)23-16-9-5-8-15(22)12-16/h4-9,12H,3,10-11H2,1-2H3,(H,23,28)(H,24,27). The third-order valence-corrected chi connectivity index (χ3v) is 5.53. The van der Waals surface area contributed by atoms with Gasteiger partial charge in [0.25, 0.3) is 5.91 Å². The molecule has 0 saturated heterocycles. The average molecular weight is 429 g/mol. The van der Waals surface area contributed by atoms with E-state index in [1.807, 2.05) is 25.1 Å². The fraction of sp³-hybridized carbons (Fsp3) is 0.238. The molecule has 3 rings (SSSR count). The zero-order valence-corrected chi connectivity index (χ0v) is 17.7. The van der Waals surface area contributed by atoms with Crippen LogP contribution in [0.3, 0.4) is 0 Å². The molecule has 0 fully saturated rings. The van der Waals surface area contributed by atoms with Crippen LogP contribution in [-0.4, -0.2) is 22.0 Å². The van der Waals surface area contributed by atoms with Crippen LogP contribution in [-0.2, 0) is 17.6 Å². The van der Waals surface area contributed by atoms with E-state index >= 15 is 0 Å². The van der Waals surface area contributed by atoms with Gasteiger partial charge in [-0.15, -0.1) is 10.2 Å². The van der Waals surface area contributed by atoms with Crippen molar-refractivity contribution >= 4 is 46.1 Å². The first-order valence-electron chi connectivity index (χ1n) is 9.24. The van der Waals surface area contributed by atoms with Crippen LogP contribution in [0.1, 0.15) is 39.3 Å². The Balaban J connectivity index is 1.56. The Morgan fingerprint density at radius 2 is 1.90 bits per heavy atom. The number of hydrogen-bond acceptors (Lipinski definition) is 5. The molecular weight excluding hydrogens is 408 g/mol. The van der Waals surface area contributed by atoms with Crippen LogP contribution in [0.5, 0.6) is 0 Å². The van der Waals surface area contributed by atoms with Crippen molar-refractivity contribution in [2.45, 2.75) is 33.1 Å². The molecule has 2 N–H and O–H groups in total. The van der Waals surface area contributed by atoms with Crippen molar-refractivity contribution in [3.63, 3.8) is 0 Å². The minimum Gasteiger partial charge on any atom is -0.326 e. The number of para-hydroxylation sites is 1. The smallest absolute Gasteiger partial charge is 0.286 e. The first-order valence-corrected chi connectivity index (χ1v) is 10.4. The van der Waals surface area contributed by atoms with Gasteiger partial charge in [-0.3, -0.25) is 9.59 Å². The van der Waals surface area contributed by atoms with Gasteiger partial charge in [-0.25, -0.2) is 0 Å². The van der Waals surface area contributed by atoms with E-state index in [1.165, 1.54) is 11.3 Å². The second-order valence-corrected chi connectivity index (χ2v) is 7.97. The Morgan fingerprint density at radius 1 is 1.10 bits per heavy atom. The first kappa shape index (κ1) is 21.0. The number of halogens is 1. The van der Waals surface area contributed by atoms with Crippen LogP contribution in [0.2, 0.25) is 5.02 Å². The van der Waals surface area contributed by atoms with Gasteiger partial charge in [0.1, 0.15) is 5.01 Å². The highest BCUT2D eigenvalue weighted by molar-refractivity contribution is 7.13.